The van der Waals surface area contributed by atoms with E-state index in [9.17, 15) is 0 Å². The van der Waals surface area contributed by atoms with E-state index in [2.05, 4.69) is 17.1 Å². The maximum atomic E-state index is 8.82. The molecule has 1 aromatic rings. The third-order valence-corrected chi connectivity index (χ3v) is 3.61. The normalized spacial score (nSPS) is 18.5. The number of rotatable bonds is 3. The van der Waals surface area contributed by atoms with Crippen LogP contribution >= 0.6 is 11.6 Å². The molecule has 0 spiro atoms. The molecule has 19 heavy (non-hydrogen) atoms. The summed E-state index contributed by atoms with van der Waals surface area (Å²) in [6, 6.07) is 5.27. The fraction of sp³-hybridized carbons (Fsp3) is 0.462. The van der Waals surface area contributed by atoms with E-state index in [1.165, 1.54) is 0 Å². The summed E-state index contributed by atoms with van der Waals surface area (Å²) in [4.78, 5) is 2.27. The van der Waals surface area contributed by atoms with Crippen molar-refractivity contribution in [2.45, 2.75) is 18.9 Å². The standard InChI is InChI=1S/C13H18ClN3O2/c1-17-7-5-9(6-8-17)19-11-4-2-3-10(14)12(11)13(15)16-18/h2-4,9,18H,5-8H2,1H3,(H2,15,16). The third-order valence-electron chi connectivity index (χ3n) is 3.30. The smallest absolute Gasteiger partial charge is 0.175 e. The van der Waals surface area contributed by atoms with Gasteiger partial charge in [0.1, 0.15) is 11.9 Å². The Bertz CT molecular complexity index is 471. The van der Waals surface area contributed by atoms with Gasteiger partial charge >= 0.3 is 0 Å². The zero-order chi connectivity index (χ0) is 13.8. The van der Waals surface area contributed by atoms with Gasteiger partial charge in [-0.05, 0) is 32.0 Å². The van der Waals surface area contributed by atoms with Crippen LogP contribution in [-0.4, -0.2) is 42.2 Å². The summed E-state index contributed by atoms with van der Waals surface area (Å²) in [5, 5.41) is 12.2. The van der Waals surface area contributed by atoms with Crippen molar-refractivity contribution in [1.29, 1.82) is 0 Å². The lowest BCUT2D eigenvalue weighted by molar-refractivity contribution is 0.114. The van der Waals surface area contributed by atoms with Crippen LogP contribution in [0, 0.1) is 0 Å². The van der Waals surface area contributed by atoms with Crippen LogP contribution in [0.5, 0.6) is 5.75 Å². The van der Waals surface area contributed by atoms with Gasteiger partial charge in [-0.1, -0.05) is 22.8 Å². The largest absolute Gasteiger partial charge is 0.490 e. The molecule has 1 aromatic carbocycles. The number of nitrogens with zero attached hydrogens (tertiary/aromatic N) is 2. The molecule has 2 rings (SSSR count). The van der Waals surface area contributed by atoms with Crippen molar-refractivity contribution in [1.82, 2.24) is 4.90 Å². The molecule has 1 aliphatic heterocycles. The van der Waals surface area contributed by atoms with Crippen molar-refractivity contribution in [3.05, 3.63) is 28.8 Å². The van der Waals surface area contributed by atoms with Crippen LogP contribution in [0.15, 0.2) is 23.4 Å². The highest BCUT2D eigenvalue weighted by Crippen LogP contribution is 2.28. The van der Waals surface area contributed by atoms with Crippen molar-refractivity contribution in [3.63, 3.8) is 0 Å². The van der Waals surface area contributed by atoms with Gasteiger partial charge in [-0.25, -0.2) is 0 Å². The molecule has 1 heterocycles. The number of hydrogen-bond acceptors (Lipinski definition) is 4. The first-order valence-corrected chi connectivity index (χ1v) is 6.61. The van der Waals surface area contributed by atoms with Crippen LogP contribution in [0.3, 0.4) is 0 Å². The van der Waals surface area contributed by atoms with E-state index in [1.54, 1.807) is 18.2 Å². The Morgan fingerprint density at radius 1 is 1.47 bits per heavy atom. The summed E-state index contributed by atoms with van der Waals surface area (Å²) >= 11 is 6.08. The Balaban J connectivity index is 2.18. The van der Waals surface area contributed by atoms with Crippen LogP contribution in [0.1, 0.15) is 18.4 Å². The van der Waals surface area contributed by atoms with Gasteiger partial charge in [0.25, 0.3) is 0 Å². The first-order valence-electron chi connectivity index (χ1n) is 6.23. The van der Waals surface area contributed by atoms with Crippen LogP contribution < -0.4 is 10.5 Å². The molecule has 5 nitrogen and oxygen atoms in total. The van der Waals surface area contributed by atoms with Gasteiger partial charge in [0.2, 0.25) is 0 Å². The molecule has 0 amide bonds. The minimum absolute atomic E-state index is 0.0338. The van der Waals surface area contributed by atoms with E-state index in [4.69, 9.17) is 27.3 Å². The summed E-state index contributed by atoms with van der Waals surface area (Å²) in [5.41, 5.74) is 6.10. The molecule has 104 valence electrons. The Kier molecular flexibility index (Phi) is 4.50. The van der Waals surface area contributed by atoms with Gasteiger partial charge in [-0.3, -0.25) is 0 Å². The topological polar surface area (TPSA) is 71.1 Å². The van der Waals surface area contributed by atoms with Gasteiger partial charge < -0.3 is 20.6 Å². The quantitative estimate of drug-likeness (QED) is 0.385. The third kappa shape index (κ3) is 3.30. The Labute approximate surface area is 117 Å². The predicted molar refractivity (Wildman–Crippen MR) is 75.1 cm³/mol. The molecule has 1 aliphatic rings. The average molecular weight is 284 g/mol. The number of likely N-dealkylation sites (tertiary alicyclic amines) is 1. The number of amidine groups is 1. The minimum Gasteiger partial charge on any atom is -0.490 e. The highest BCUT2D eigenvalue weighted by molar-refractivity contribution is 6.34. The van der Waals surface area contributed by atoms with E-state index in [0.717, 1.165) is 25.9 Å². The molecule has 0 bridgehead atoms. The summed E-state index contributed by atoms with van der Waals surface area (Å²) in [6.07, 6.45) is 2.05. The SMILES string of the molecule is CN1CCC(Oc2cccc(Cl)c2C(N)=NO)CC1. The number of nitrogens with two attached hydrogens (primary N) is 1. The lowest BCUT2D eigenvalue weighted by atomic mass is 10.1. The molecule has 0 saturated carbocycles. The average Bonchev–Trinajstić information content (AvgIpc) is 2.41. The fourth-order valence-corrected chi connectivity index (χ4v) is 2.45. The van der Waals surface area contributed by atoms with E-state index in [0.29, 0.717) is 16.3 Å². The first-order chi connectivity index (χ1) is 9.11. The van der Waals surface area contributed by atoms with Gasteiger partial charge in [0.05, 0.1) is 10.6 Å². The van der Waals surface area contributed by atoms with Gasteiger partial charge in [0, 0.05) is 13.1 Å². The number of piperidine rings is 1. The summed E-state index contributed by atoms with van der Waals surface area (Å²) < 4.78 is 5.96. The van der Waals surface area contributed by atoms with Crippen LogP contribution in [-0.2, 0) is 0 Å². The predicted octanol–water partition coefficient (Wildman–Crippen LogP) is 1.91. The Hall–Kier alpha value is -1.46. The number of oxime groups is 1. The van der Waals surface area contributed by atoms with Gasteiger partial charge in [-0.15, -0.1) is 0 Å². The van der Waals surface area contributed by atoms with Crippen molar-refractivity contribution < 1.29 is 9.94 Å². The molecule has 1 fully saturated rings. The highest BCUT2D eigenvalue weighted by atomic mass is 35.5. The Morgan fingerprint density at radius 3 is 2.79 bits per heavy atom. The number of benzene rings is 1. The monoisotopic (exact) mass is 283 g/mol. The highest BCUT2D eigenvalue weighted by Gasteiger charge is 2.21. The maximum Gasteiger partial charge on any atom is 0.175 e. The van der Waals surface area contributed by atoms with Gasteiger partial charge in [0.15, 0.2) is 5.84 Å². The molecule has 0 aliphatic carbocycles. The number of hydrogen-bond donors (Lipinski definition) is 2. The Morgan fingerprint density at radius 2 is 2.16 bits per heavy atom. The van der Waals surface area contributed by atoms with Gasteiger partial charge in [-0.2, -0.15) is 0 Å². The first kappa shape index (κ1) is 14.0. The number of halogens is 1. The second-order valence-electron chi connectivity index (χ2n) is 4.72. The fourth-order valence-electron chi connectivity index (χ4n) is 2.18. The van der Waals surface area contributed by atoms with Crippen molar-refractivity contribution >= 4 is 17.4 Å². The molecule has 0 atom stereocenters. The minimum atomic E-state index is -0.0338. The van der Waals surface area contributed by atoms with Crippen molar-refractivity contribution in [2.75, 3.05) is 20.1 Å². The lowest BCUT2D eigenvalue weighted by Gasteiger charge is -2.29. The van der Waals surface area contributed by atoms with E-state index in [1.807, 2.05) is 0 Å². The van der Waals surface area contributed by atoms with Crippen LogP contribution in [0.25, 0.3) is 0 Å². The zero-order valence-electron chi connectivity index (χ0n) is 10.8. The van der Waals surface area contributed by atoms with Crippen molar-refractivity contribution in [3.8, 4) is 5.75 Å². The van der Waals surface area contributed by atoms with Crippen molar-refractivity contribution in [2.24, 2.45) is 10.9 Å². The van der Waals surface area contributed by atoms with Crippen LogP contribution in [0.2, 0.25) is 5.02 Å². The second kappa shape index (κ2) is 6.12. The van der Waals surface area contributed by atoms with Crippen LogP contribution in [0.4, 0.5) is 0 Å². The summed E-state index contributed by atoms with van der Waals surface area (Å²) in [5.74, 6) is 0.533. The molecule has 6 heteroatoms. The number of ether oxygens (including phenoxy) is 1. The molecule has 0 unspecified atom stereocenters. The van der Waals surface area contributed by atoms with E-state index in [-0.39, 0.29) is 11.9 Å². The summed E-state index contributed by atoms with van der Waals surface area (Å²) in [7, 11) is 2.09. The molecular weight excluding hydrogens is 266 g/mol. The lowest BCUT2D eigenvalue weighted by Crippen LogP contribution is -2.36. The molecule has 1 saturated heterocycles. The molecule has 3 N–H and O–H groups in total. The van der Waals surface area contributed by atoms with E-state index < -0.39 is 0 Å². The van der Waals surface area contributed by atoms with E-state index >= 15 is 0 Å². The summed E-state index contributed by atoms with van der Waals surface area (Å²) in [6.45, 7) is 2.01. The second-order valence-corrected chi connectivity index (χ2v) is 5.13. The maximum absolute atomic E-state index is 8.82. The molecular formula is C13H18ClN3O2. The molecule has 0 radical (unpaired) electrons. The molecule has 0 aromatic heterocycles. The zero-order valence-corrected chi connectivity index (χ0v) is 11.6.